The Hall–Kier alpha value is -1.16. The Bertz CT molecular complexity index is 398. The Kier molecular flexibility index (Phi) is 4.31. The monoisotopic (exact) mass is 250 g/mol. The smallest absolute Gasteiger partial charge is 0.245 e. The third-order valence-corrected chi connectivity index (χ3v) is 4.00. The second-order valence-electron chi connectivity index (χ2n) is 4.54. The Balaban J connectivity index is 1.84. The minimum atomic E-state index is -0.0160. The van der Waals surface area contributed by atoms with Crippen molar-refractivity contribution in [1.82, 2.24) is 5.43 Å². The molecule has 1 heterocycles. The number of carbonyl (C=O) groups excluding carboxylic acids is 1. The first-order chi connectivity index (χ1) is 8.25. The molecule has 1 aromatic rings. The average Bonchev–Trinajstić information content (AvgIpc) is 2.81. The zero-order valence-corrected chi connectivity index (χ0v) is 10.9. The fourth-order valence-corrected chi connectivity index (χ4v) is 2.78. The molecule has 1 aromatic heterocycles. The molecule has 1 aliphatic rings. The standard InChI is InChI=1S/C13H18N2OS/c1-10-5-2-3-7-12(10)14-15-13(16)9-11-6-4-8-17-11/h4,6,8,10H,2-3,5,7,9H2,1H3,(H,15,16)/t10-/m0/s1. The number of amides is 1. The fraction of sp³-hybridized carbons (Fsp3) is 0.538. The summed E-state index contributed by atoms with van der Waals surface area (Å²) >= 11 is 1.60. The van der Waals surface area contributed by atoms with Crippen LogP contribution in [0, 0.1) is 5.92 Å². The van der Waals surface area contributed by atoms with E-state index in [2.05, 4.69) is 17.5 Å². The molecule has 3 nitrogen and oxygen atoms in total. The van der Waals surface area contributed by atoms with E-state index in [1.54, 1.807) is 11.3 Å². The third-order valence-electron chi connectivity index (χ3n) is 3.13. The molecule has 0 spiro atoms. The minimum absolute atomic E-state index is 0.0160. The Morgan fingerprint density at radius 1 is 1.59 bits per heavy atom. The number of nitrogens with zero attached hydrogens (tertiary/aromatic N) is 1. The van der Waals surface area contributed by atoms with Gasteiger partial charge in [-0.2, -0.15) is 5.10 Å². The Morgan fingerprint density at radius 2 is 2.47 bits per heavy atom. The van der Waals surface area contributed by atoms with Crippen LogP contribution in [0.2, 0.25) is 0 Å². The quantitative estimate of drug-likeness (QED) is 0.823. The van der Waals surface area contributed by atoms with Crippen molar-refractivity contribution in [2.45, 2.75) is 39.0 Å². The maximum absolute atomic E-state index is 11.6. The number of hydrazone groups is 1. The highest BCUT2D eigenvalue weighted by Crippen LogP contribution is 2.20. The van der Waals surface area contributed by atoms with Crippen molar-refractivity contribution in [3.63, 3.8) is 0 Å². The van der Waals surface area contributed by atoms with Crippen molar-refractivity contribution in [2.75, 3.05) is 0 Å². The first kappa shape index (κ1) is 12.3. The van der Waals surface area contributed by atoms with Crippen molar-refractivity contribution in [2.24, 2.45) is 11.0 Å². The van der Waals surface area contributed by atoms with Gasteiger partial charge in [0.25, 0.3) is 0 Å². The van der Waals surface area contributed by atoms with E-state index in [1.807, 2.05) is 17.5 Å². The van der Waals surface area contributed by atoms with Gasteiger partial charge in [-0.3, -0.25) is 4.79 Å². The first-order valence-corrected chi connectivity index (χ1v) is 7.01. The van der Waals surface area contributed by atoms with Crippen LogP contribution in [0.5, 0.6) is 0 Å². The van der Waals surface area contributed by atoms with Gasteiger partial charge in [0.05, 0.1) is 6.42 Å². The van der Waals surface area contributed by atoms with Crippen molar-refractivity contribution < 1.29 is 4.79 Å². The van der Waals surface area contributed by atoms with Gasteiger partial charge in [-0.25, -0.2) is 5.43 Å². The van der Waals surface area contributed by atoms with E-state index in [0.29, 0.717) is 12.3 Å². The normalized spacial score (nSPS) is 22.6. The predicted molar refractivity (Wildman–Crippen MR) is 71.2 cm³/mol. The van der Waals surface area contributed by atoms with E-state index in [1.165, 1.54) is 19.3 Å². The molecule has 92 valence electrons. The summed E-state index contributed by atoms with van der Waals surface area (Å²) in [6.07, 6.45) is 5.14. The number of hydrogen-bond donors (Lipinski definition) is 1. The summed E-state index contributed by atoms with van der Waals surface area (Å²) in [4.78, 5) is 12.7. The minimum Gasteiger partial charge on any atom is -0.273 e. The highest BCUT2D eigenvalue weighted by Gasteiger charge is 2.16. The van der Waals surface area contributed by atoms with Crippen molar-refractivity contribution in [1.29, 1.82) is 0 Å². The summed E-state index contributed by atoms with van der Waals surface area (Å²) in [6, 6.07) is 3.93. The van der Waals surface area contributed by atoms with Crippen LogP contribution >= 0.6 is 11.3 Å². The SMILES string of the molecule is C[C@H]1CCCCC1=NNC(=O)Cc1cccs1. The predicted octanol–water partition coefficient (Wildman–Crippen LogP) is 2.97. The molecule has 2 rings (SSSR count). The van der Waals surface area contributed by atoms with Crippen LogP contribution in [-0.4, -0.2) is 11.6 Å². The van der Waals surface area contributed by atoms with Gasteiger partial charge in [-0.15, -0.1) is 11.3 Å². The van der Waals surface area contributed by atoms with Gasteiger partial charge in [-0.05, 0) is 36.6 Å². The largest absolute Gasteiger partial charge is 0.273 e. The van der Waals surface area contributed by atoms with Crippen LogP contribution in [0.4, 0.5) is 0 Å². The van der Waals surface area contributed by atoms with Crippen LogP contribution in [0.3, 0.4) is 0 Å². The Labute approximate surface area is 106 Å². The third kappa shape index (κ3) is 3.66. The van der Waals surface area contributed by atoms with E-state index < -0.39 is 0 Å². The topological polar surface area (TPSA) is 41.5 Å². The van der Waals surface area contributed by atoms with E-state index in [9.17, 15) is 4.79 Å². The molecule has 4 heteroatoms. The lowest BCUT2D eigenvalue weighted by Crippen LogP contribution is -2.25. The molecule has 0 aliphatic heterocycles. The highest BCUT2D eigenvalue weighted by molar-refractivity contribution is 7.10. The molecule has 0 saturated heterocycles. The van der Waals surface area contributed by atoms with Gasteiger partial charge >= 0.3 is 0 Å². The number of nitrogens with one attached hydrogen (secondary N) is 1. The van der Waals surface area contributed by atoms with Crippen LogP contribution in [0.25, 0.3) is 0 Å². The summed E-state index contributed by atoms with van der Waals surface area (Å²) in [7, 11) is 0. The summed E-state index contributed by atoms with van der Waals surface area (Å²) < 4.78 is 0. The lowest BCUT2D eigenvalue weighted by Gasteiger charge is -2.19. The van der Waals surface area contributed by atoms with E-state index in [4.69, 9.17) is 0 Å². The lowest BCUT2D eigenvalue weighted by atomic mass is 9.89. The molecule has 0 unspecified atom stereocenters. The lowest BCUT2D eigenvalue weighted by molar-refractivity contribution is -0.120. The number of thiophene rings is 1. The number of carbonyl (C=O) groups is 1. The second kappa shape index (κ2) is 5.96. The van der Waals surface area contributed by atoms with Crippen molar-refractivity contribution in [3.05, 3.63) is 22.4 Å². The van der Waals surface area contributed by atoms with Crippen molar-refractivity contribution in [3.8, 4) is 0 Å². The zero-order valence-electron chi connectivity index (χ0n) is 10.1. The van der Waals surface area contributed by atoms with Gasteiger partial charge in [0.15, 0.2) is 0 Å². The maximum atomic E-state index is 11.6. The van der Waals surface area contributed by atoms with Crippen LogP contribution < -0.4 is 5.43 Å². The maximum Gasteiger partial charge on any atom is 0.245 e. The molecule has 1 saturated carbocycles. The van der Waals surface area contributed by atoms with E-state index >= 15 is 0 Å². The summed E-state index contributed by atoms with van der Waals surface area (Å²) in [5.74, 6) is 0.503. The molecule has 1 amide bonds. The van der Waals surface area contributed by atoms with Gasteiger partial charge in [-0.1, -0.05) is 19.4 Å². The second-order valence-corrected chi connectivity index (χ2v) is 5.57. The van der Waals surface area contributed by atoms with Crippen LogP contribution in [0.1, 0.15) is 37.5 Å². The number of hydrogen-bond acceptors (Lipinski definition) is 3. The molecule has 1 aliphatic carbocycles. The fourth-order valence-electron chi connectivity index (χ4n) is 2.08. The van der Waals surface area contributed by atoms with Gasteiger partial charge in [0, 0.05) is 10.6 Å². The average molecular weight is 250 g/mol. The molecular weight excluding hydrogens is 232 g/mol. The zero-order chi connectivity index (χ0) is 12.1. The molecule has 0 radical (unpaired) electrons. The summed E-state index contributed by atoms with van der Waals surface area (Å²) in [6.45, 7) is 2.18. The summed E-state index contributed by atoms with van der Waals surface area (Å²) in [5.41, 5.74) is 3.83. The van der Waals surface area contributed by atoms with Gasteiger partial charge < -0.3 is 0 Å². The molecule has 0 aromatic carbocycles. The molecule has 1 atom stereocenters. The van der Waals surface area contributed by atoms with E-state index in [-0.39, 0.29) is 5.91 Å². The van der Waals surface area contributed by atoms with Gasteiger partial charge in [0.1, 0.15) is 0 Å². The molecule has 1 N–H and O–H groups in total. The number of rotatable bonds is 3. The van der Waals surface area contributed by atoms with Crippen LogP contribution in [0.15, 0.2) is 22.6 Å². The molecule has 1 fully saturated rings. The van der Waals surface area contributed by atoms with Crippen molar-refractivity contribution >= 4 is 23.0 Å². The van der Waals surface area contributed by atoms with Gasteiger partial charge in [0.2, 0.25) is 5.91 Å². The highest BCUT2D eigenvalue weighted by atomic mass is 32.1. The summed E-state index contributed by atoms with van der Waals surface area (Å²) in [5, 5.41) is 6.25. The Morgan fingerprint density at radius 3 is 3.18 bits per heavy atom. The molecule has 17 heavy (non-hydrogen) atoms. The van der Waals surface area contributed by atoms with Crippen LogP contribution in [-0.2, 0) is 11.2 Å². The van der Waals surface area contributed by atoms with E-state index in [0.717, 1.165) is 17.0 Å². The molecular formula is C13H18N2OS. The first-order valence-electron chi connectivity index (χ1n) is 6.13. The molecule has 0 bridgehead atoms.